The minimum Gasteiger partial charge on any atom is -0.496 e. The van der Waals surface area contributed by atoms with Crippen LogP contribution in [0.3, 0.4) is 0 Å². The Morgan fingerprint density at radius 1 is 1.15 bits per heavy atom. The Balaban J connectivity index is 1.98. The molecule has 140 valence electrons. The fourth-order valence-corrected chi connectivity index (χ4v) is 2.64. The third-order valence-corrected chi connectivity index (χ3v) is 4.26. The summed E-state index contributed by atoms with van der Waals surface area (Å²) >= 11 is 0. The van der Waals surface area contributed by atoms with E-state index in [4.69, 9.17) is 4.74 Å². The number of carbonyl (C=O) groups is 1. The van der Waals surface area contributed by atoms with Gasteiger partial charge in [-0.25, -0.2) is 4.98 Å². The van der Waals surface area contributed by atoms with E-state index < -0.39 is 0 Å². The van der Waals surface area contributed by atoms with E-state index in [1.54, 1.807) is 30.1 Å². The number of hydrogen-bond acceptors (Lipinski definition) is 4. The van der Waals surface area contributed by atoms with Gasteiger partial charge in [0.15, 0.2) is 5.82 Å². The molecule has 1 amide bonds. The molecular formula is C21H24N4O2. The number of benzene rings is 1. The Morgan fingerprint density at radius 2 is 1.93 bits per heavy atom. The number of aromatic nitrogens is 3. The number of amides is 1. The Labute approximate surface area is 159 Å². The molecule has 0 unspecified atom stereocenters. The molecule has 2 aromatic heterocycles. The standard InChI is InChI=1S/C21H24N4O2/c1-14-9-10-15(12-16(14)27-5)20(26)23-19-13-17(21(2,3)4)24-25(19)18-8-6-7-11-22-18/h6-13H,1-5H3,(H,23,26). The minimum absolute atomic E-state index is 0.160. The molecule has 0 aliphatic heterocycles. The van der Waals surface area contributed by atoms with Gasteiger partial charge in [0.2, 0.25) is 0 Å². The predicted octanol–water partition coefficient (Wildman–Crippen LogP) is 4.13. The Bertz CT molecular complexity index is 956. The highest BCUT2D eigenvalue weighted by atomic mass is 16.5. The Morgan fingerprint density at radius 3 is 2.56 bits per heavy atom. The molecule has 2 heterocycles. The van der Waals surface area contributed by atoms with E-state index in [1.165, 1.54) is 0 Å². The number of pyridine rings is 1. The van der Waals surface area contributed by atoms with E-state index in [1.807, 2.05) is 37.3 Å². The number of methoxy groups -OCH3 is 1. The van der Waals surface area contributed by atoms with Gasteiger partial charge in [-0.05, 0) is 36.8 Å². The van der Waals surface area contributed by atoms with Crippen molar-refractivity contribution < 1.29 is 9.53 Å². The summed E-state index contributed by atoms with van der Waals surface area (Å²) in [5, 5.41) is 7.62. The molecule has 0 fully saturated rings. The summed E-state index contributed by atoms with van der Waals surface area (Å²) in [4.78, 5) is 17.2. The van der Waals surface area contributed by atoms with Crippen molar-refractivity contribution in [3.8, 4) is 11.6 Å². The highest BCUT2D eigenvalue weighted by Crippen LogP contribution is 2.26. The fraction of sp³-hybridized carbons (Fsp3) is 0.286. The SMILES string of the molecule is COc1cc(C(=O)Nc2cc(C(C)(C)C)nn2-c2ccccn2)ccc1C. The molecule has 0 atom stereocenters. The highest BCUT2D eigenvalue weighted by molar-refractivity contribution is 6.04. The van der Waals surface area contributed by atoms with E-state index in [0.717, 1.165) is 11.3 Å². The fourth-order valence-electron chi connectivity index (χ4n) is 2.64. The third kappa shape index (κ3) is 4.00. The number of rotatable bonds is 4. The van der Waals surface area contributed by atoms with E-state index in [9.17, 15) is 4.79 Å². The molecule has 6 nitrogen and oxygen atoms in total. The zero-order valence-electron chi connectivity index (χ0n) is 16.3. The van der Waals surface area contributed by atoms with Gasteiger partial charge in [-0.1, -0.05) is 32.9 Å². The van der Waals surface area contributed by atoms with Crippen molar-refractivity contribution in [2.45, 2.75) is 33.1 Å². The van der Waals surface area contributed by atoms with Crippen LogP contribution >= 0.6 is 0 Å². The molecule has 0 saturated carbocycles. The molecule has 0 bridgehead atoms. The van der Waals surface area contributed by atoms with Crippen LogP contribution in [0.1, 0.15) is 42.4 Å². The van der Waals surface area contributed by atoms with Gasteiger partial charge in [0, 0.05) is 23.2 Å². The first-order valence-electron chi connectivity index (χ1n) is 8.77. The summed E-state index contributed by atoms with van der Waals surface area (Å²) in [7, 11) is 1.59. The topological polar surface area (TPSA) is 69.0 Å². The van der Waals surface area contributed by atoms with Gasteiger partial charge < -0.3 is 10.1 Å². The van der Waals surface area contributed by atoms with Crippen molar-refractivity contribution in [3.05, 3.63) is 65.5 Å². The van der Waals surface area contributed by atoms with Crippen LogP contribution in [0.4, 0.5) is 5.82 Å². The molecule has 1 N–H and O–H groups in total. The van der Waals surface area contributed by atoms with E-state index in [0.29, 0.717) is 22.9 Å². The van der Waals surface area contributed by atoms with Crippen LogP contribution in [0.25, 0.3) is 5.82 Å². The first-order chi connectivity index (χ1) is 12.8. The van der Waals surface area contributed by atoms with Gasteiger partial charge in [-0.2, -0.15) is 9.78 Å². The number of carbonyl (C=O) groups excluding carboxylic acids is 1. The molecule has 0 aliphatic rings. The summed E-state index contributed by atoms with van der Waals surface area (Å²) in [5.74, 6) is 1.66. The molecule has 1 aromatic carbocycles. The smallest absolute Gasteiger partial charge is 0.256 e. The molecule has 27 heavy (non-hydrogen) atoms. The van der Waals surface area contributed by atoms with Gasteiger partial charge in [-0.15, -0.1) is 0 Å². The maximum Gasteiger partial charge on any atom is 0.256 e. The quantitative estimate of drug-likeness (QED) is 0.756. The second kappa shape index (κ2) is 7.23. The van der Waals surface area contributed by atoms with Crippen molar-refractivity contribution in [3.63, 3.8) is 0 Å². The van der Waals surface area contributed by atoms with Crippen molar-refractivity contribution in [1.29, 1.82) is 0 Å². The number of hydrogen-bond donors (Lipinski definition) is 1. The van der Waals surface area contributed by atoms with Gasteiger partial charge in [-0.3, -0.25) is 4.79 Å². The monoisotopic (exact) mass is 364 g/mol. The summed E-state index contributed by atoms with van der Waals surface area (Å²) < 4.78 is 6.98. The largest absolute Gasteiger partial charge is 0.496 e. The number of anilines is 1. The maximum atomic E-state index is 12.8. The number of aryl methyl sites for hydroxylation is 1. The molecular weight excluding hydrogens is 340 g/mol. The summed E-state index contributed by atoms with van der Waals surface area (Å²) in [6.45, 7) is 8.17. The Hall–Kier alpha value is -3.15. The lowest BCUT2D eigenvalue weighted by Gasteiger charge is -2.13. The summed E-state index contributed by atoms with van der Waals surface area (Å²) in [6.07, 6.45) is 1.70. The molecule has 6 heteroatoms. The summed E-state index contributed by atoms with van der Waals surface area (Å²) in [5.41, 5.74) is 2.20. The van der Waals surface area contributed by atoms with E-state index in [2.05, 4.69) is 36.2 Å². The number of ether oxygens (including phenoxy) is 1. The van der Waals surface area contributed by atoms with Crippen molar-refractivity contribution in [2.24, 2.45) is 0 Å². The van der Waals surface area contributed by atoms with Gasteiger partial charge in [0.05, 0.1) is 12.8 Å². The van der Waals surface area contributed by atoms with Crippen molar-refractivity contribution in [2.75, 3.05) is 12.4 Å². The van der Waals surface area contributed by atoms with Crippen LogP contribution < -0.4 is 10.1 Å². The zero-order chi connectivity index (χ0) is 19.6. The van der Waals surface area contributed by atoms with E-state index in [-0.39, 0.29) is 11.3 Å². The first-order valence-corrected chi connectivity index (χ1v) is 8.77. The second-order valence-corrected chi connectivity index (χ2v) is 7.40. The number of nitrogens with one attached hydrogen (secondary N) is 1. The minimum atomic E-state index is -0.231. The average Bonchev–Trinajstić information content (AvgIpc) is 3.07. The molecule has 3 aromatic rings. The van der Waals surface area contributed by atoms with Crippen LogP contribution in [0.15, 0.2) is 48.7 Å². The lowest BCUT2D eigenvalue weighted by molar-refractivity contribution is 0.102. The normalized spacial score (nSPS) is 11.3. The Kier molecular flexibility index (Phi) is 4.99. The van der Waals surface area contributed by atoms with Gasteiger partial charge >= 0.3 is 0 Å². The van der Waals surface area contributed by atoms with Crippen molar-refractivity contribution in [1.82, 2.24) is 14.8 Å². The first kappa shape index (κ1) is 18.6. The summed E-state index contributed by atoms with van der Waals surface area (Å²) in [6, 6.07) is 12.8. The van der Waals surface area contributed by atoms with E-state index >= 15 is 0 Å². The molecule has 0 spiro atoms. The second-order valence-electron chi connectivity index (χ2n) is 7.40. The van der Waals surface area contributed by atoms with Gasteiger partial charge in [0.25, 0.3) is 5.91 Å². The highest BCUT2D eigenvalue weighted by Gasteiger charge is 2.22. The van der Waals surface area contributed by atoms with Crippen LogP contribution in [-0.4, -0.2) is 27.8 Å². The molecule has 0 saturated heterocycles. The van der Waals surface area contributed by atoms with Crippen molar-refractivity contribution >= 4 is 11.7 Å². The van der Waals surface area contributed by atoms with Crippen LogP contribution in [0.2, 0.25) is 0 Å². The average molecular weight is 364 g/mol. The molecule has 3 rings (SSSR count). The predicted molar refractivity (Wildman–Crippen MR) is 106 cm³/mol. The molecule has 0 radical (unpaired) electrons. The zero-order valence-corrected chi connectivity index (χ0v) is 16.3. The molecule has 0 aliphatic carbocycles. The lowest BCUT2D eigenvalue weighted by Crippen LogP contribution is -2.16. The van der Waals surface area contributed by atoms with Crippen LogP contribution in [-0.2, 0) is 5.41 Å². The van der Waals surface area contributed by atoms with Crippen LogP contribution in [0, 0.1) is 6.92 Å². The lowest BCUT2D eigenvalue weighted by atomic mass is 9.92. The third-order valence-electron chi connectivity index (χ3n) is 4.26. The van der Waals surface area contributed by atoms with Gasteiger partial charge in [0.1, 0.15) is 11.6 Å². The van der Waals surface area contributed by atoms with Crippen LogP contribution in [0.5, 0.6) is 5.75 Å². The maximum absolute atomic E-state index is 12.8. The number of nitrogens with zero attached hydrogens (tertiary/aromatic N) is 3.